The first-order valence-electron chi connectivity index (χ1n) is 3.74. The second kappa shape index (κ2) is 4.18. The number of hydrogen-bond acceptors (Lipinski definition) is 4. The summed E-state index contributed by atoms with van der Waals surface area (Å²) < 4.78 is 9.94. The zero-order valence-electron chi connectivity index (χ0n) is 6.87. The van der Waals surface area contributed by atoms with Crippen LogP contribution in [0.3, 0.4) is 0 Å². The average Bonchev–Trinajstić information content (AvgIpc) is 2.72. The molecule has 0 spiro atoms. The second-order valence-electron chi connectivity index (χ2n) is 2.29. The molecule has 1 heterocycles. The van der Waals surface area contributed by atoms with E-state index in [0.717, 1.165) is 6.61 Å². The third-order valence-electron chi connectivity index (χ3n) is 1.21. The van der Waals surface area contributed by atoms with Crippen LogP contribution in [0.15, 0.2) is 5.16 Å². The molecule has 4 heteroatoms. The highest BCUT2D eigenvalue weighted by molar-refractivity contribution is 5.72. The molecule has 0 aromatic carbocycles. The minimum Gasteiger partial charge on any atom is -0.479 e. The Bertz CT molecular complexity index is 143. The first kappa shape index (κ1) is 8.33. The Kier molecular flexibility index (Phi) is 3.16. The Morgan fingerprint density at radius 1 is 1.73 bits per heavy atom. The molecular weight excluding hydrogens is 146 g/mol. The van der Waals surface area contributed by atoms with Crippen molar-refractivity contribution < 1.29 is 14.3 Å². The van der Waals surface area contributed by atoms with Crippen LogP contribution in [0, 0.1) is 0 Å². The fourth-order valence-electron chi connectivity index (χ4n) is 0.611. The van der Waals surface area contributed by atoms with E-state index >= 15 is 0 Å². The summed E-state index contributed by atoms with van der Waals surface area (Å²) in [4.78, 5) is 4.91. The highest BCUT2D eigenvalue weighted by Gasteiger charge is 2.23. The average molecular weight is 159 g/mol. The van der Waals surface area contributed by atoms with Crippen molar-refractivity contribution in [2.75, 3.05) is 19.8 Å². The smallest absolute Gasteiger partial charge is 0.222 e. The lowest BCUT2D eigenvalue weighted by Crippen LogP contribution is -2.02. The topological polar surface area (TPSA) is 43.4 Å². The Hall–Kier alpha value is -0.770. The molecule has 4 nitrogen and oxygen atoms in total. The summed E-state index contributed by atoms with van der Waals surface area (Å²) in [5.41, 5.74) is 0. The first-order valence-corrected chi connectivity index (χ1v) is 3.74. The van der Waals surface area contributed by atoms with Gasteiger partial charge in [0.1, 0.15) is 12.7 Å². The molecule has 0 N–H and O–H groups in total. The van der Waals surface area contributed by atoms with E-state index in [1.54, 1.807) is 6.92 Å². The predicted octanol–water partition coefficient (Wildman–Crippen LogP) is 0.772. The van der Waals surface area contributed by atoms with Gasteiger partial charge in [0.2, 0.25) is 5.90 Å². The van der Waals surface area contributed by atoms with Crippen LogP contribution in [0.25, 0.3) is 0 Å². The number of hydrogen-bond donors (Lipinski definition) is 0. The summed E-state index contributed by atoms with van der Waals surface area (Å²) in [6.45, 7) is 5.62. The molecule has 0 aromatic rings. The van der Waals surface area contributed by atoms with E-state index < -0.39 is 0 Å². The van der Waals surface area contributed by atoms with Crippen molar-refractivity contribution in [2.24, 2.45) is 5.16 Å². The standard InChI is InChI=1S/C7H13NO3/c1-3-9-6(2)8-11-5-7-4-10-7/h7H,3-5H2,1-2H3/b8-6+. The van der Waals surface area contributed by atoms with Gasteiger partial charge in [0, 0.05) is 6.92 Å². The lowest BCUT2D eigenvalue weighted by molar-refractivity contribution is 0.115. The Morgan fingerprint density at radius 3 is 3.00 bits per heavy atom. The first-order chi connectivity index (χ1) is 5.33. The summed E-state index contributed by atoms with van der Waals surface area (Å²) in [5.74, 6) is 0.563. The Balaban J connectivity index is 2.01. The molecule has 0 radical (unpaired) electrons. The van der Waals surface area contributed by atoms with Crippen LogP contribution in [0.5, 0.6) is 0 Å². The molecule has 1 aliphatic rings. The van der Waals surface area contributed by atoms with Gasteiger partial charge in [-0.15, -0.1) is 0 Å². The van der Waals surface area contributed by atoms with Crippen LogP contribution in [-0.2, 0) is 14.3 Å². The Morgan fingerprint density at radius 2 is 2.45 bits per heavy atom. The normalized spacial score (nSPS) is 23.1. The van der Waals surface area contributed by atoms with Gasteiger partial charge >= 0.3 is 0 Å². The van der Waals surface area contributed by atoms with Crippen LogP contribution < -0.4 is 0 Å². The van der Waals surface area contributed by atoms with Gasteiger partial charge in [-0.3, -0.25) is 0 Å². The van der Waals surface area contributed by atoms with Crippen LogP contribution in [0.1, 0.15) is 13.8 Å². The van der Waals surface area contributed by atoms with E-state index in [-0.39, 0.29) is 6.10 Å². The molecule has 0 aromatic heterocycles. The van der Waals surface area contributed by atoms with E-state index in [1.165, 1.54) is 0 Å². The summed E-state index contributed by atoms with van der Waals surface area (Å²) in [7, 11) is 0. The number of ether oxygens (including phenoxy) is 2. The van der Waals surface area contributed by atoms with E-state index in [2.05, 4.69) is 5.16 Å². The molecule has 1 atom stereocenters. The molecule has 1 saturated heterocycles. The van der Waals surface area contributed by atoms with Crippen molar-refractivity contribution in [3.63, 3.8) is 0 Å². The number of rotatable bonds is 4. The quantitative estimate of drug-likeness (QED) is 0.263. The van der Waals surface area contributed by atoms with Gasteiger partial charge in [-0.25, -0.2) is 0 Å². The van der Waals surface area contributed by atoms with Crippen molar-refractivity contribution in [3.8, 4) is 0 Å². The highest BCUT2D eigenvalue weighted by atomic mass is 16.7. The SMILES string of the molecule is CCO/C(C)=N/OCC1CO1. The predicted molar refractivity (Wildman–Crippen MR) is 40.4 cm³/mol. The fraction of sp³-hybridized carbons (Fsp3) is 0.857. The summed E-state index contributed by atoms with van der Waals surface area (Å²) in [6, 6.07) is 0. The highest BCUT2D eigenvalue weighted by Crippen LogP contribution is 2.08. The van der Waals surface area contributed by atoms with Crippen LogP contribution in [0.2, 0.25) is 0 Å². The molecular formula is C7H13NO3. The molecule has 0 saturated carbocycles. The zero-order chi connectivity index (χ0) is 8.10. The zero-order valence-corrected chi connectivity index (χ0v) is 6.87. The third-order valence-corrected chi connectivity index (χ3v) is 1.21. The van der Waals surface area contributed by atoms with Crippen molar-refractivity contribution in [1.82, 2.24) is 0 Å². The molecule has 64 valence electrons. The maximum atomic E-state index is 5.03. The van der Waals surface area contributed by atoms with Crippen molar-refractivity contribution >= 4 is 5.90 Å². The van der Waals surface area contributed by atoms with E-state index in [1.807, 2.05) is 6.92 Å². The monoisotopic (exact) mass is 159 g/mol. The lowest BCUT2D eigenvalue weighted by atomic mass is 10.5. The van der Waals surface area contributed by atoms with Gasteiger partial charge in [0.25, 0.3) is 0 Å². The van der Waals surface area contributed by atoms with Crippen LogP contribution in [-0.4, -0.2) is 31.8 Å². The molecule has 11 heavy (non-hydrogen) atoms. The summed E-state index contributed by atoms with van der Waals surface area (Å²) >= 11 is 0. The fourth-order valence-corrected chi connectivity index (χ4v) is 0.611. The summed E-state index contributed by atoms with van der Waals surface area (Å²) in [6.07, 6.45) is 0.258. The van der Waals surface area contributed by atoms with Gasteiger partial charge in [0.05, 0.1) is 13.2 Å². The molecule has 1 aliphatic heterocycles. The second-order valence-corrected chi connectivity index (χ2v) is 2.29. The number of epoxide rings is 1. The molecule has 0 amide bonds. The largest absolute Gasteiger partial charge is 0.479 e. The maximum absolute atomic E-state index is 5.03. The minimum absolute atomic E-state index is 0.258. The van der Waals surface area contributed by atoms with Crippen molar-refractivity contribution in [1.29, 1.82) is 0 Å². The van der Waals surface area contributed by atoms with Crippen LogP contribution in [0.4, 0.5) is 0 Å². The molecule has 0 bridgehead atoms. The van der Waals surface area contributed by atoms with E-state index in [4.69, 9.17) is 14.3 Å². The third kappa shape index (κ3) is 3.83. The molecule has 0 aliphatic carbocycles. The van der Waals surface area contributed by atoms with Gasteiger partial charge in [-0.05, 0) is 6.92 Å². The van der Waals surface area contributed by atoms with Crippen molar-refractivity contribution in [3.05, 3.63) is 0 Å². The lowest BCUT2D eigenvalue weighted by Gasteiger charge is -2.00. The van der Waals surface area contributed by atoms with Gasteiger partial charge in [0.15, 0.2) is 0 Å². The van der Waals surface area contributed by atoms with Gasteiger partial charge in [-0.2, -0.15) is 0 Å². The minimum atomic E-state index is 0.258. The molecule has 1 fully saturated rings. The number of nitrogens with zero attached hydrogens (tertiary/aromatic N) is 1. The molecule has 1 rings (SSSR count). The van der Waals surface area contributed by atoms with E-state index in [0.29, 0.717) is 19.1 Å². The van der Waals surface area contributed by atoms with Crippen molar-refractivity contribution in [2.45, 2.75) is 20.0 Å². The van der Waals surface area contributed by atoms with Gasteiger partial charge in [-0.1, -0.05) is 5.16 Å². The Labute approximate surface area is 66.1 Å². The maximum Gasteiger partial charge on any atom is 0.222 e. The molecule has 1 unspecified atom stereocenters. The van der Waals surface area contributed by atoms with Gasteiger partial charge < -0.3 is 14.3 Å². The van der Waals surface area contributed by atoms with Crippen LogP contribution >= 0.6 is 0 Å². The summed E-state index contributed by atoms with van der Waals surface area (Å²) in [5, 5.41) is 3.71. The van der Waals surface area contributed by atoms with E-state index in [9.17, 15) is 0 Å². The number of oxime groups is 1.